The smallest absolute Gasteiger partial charge is 0.226 e. The molecule has 1 aliphatic rings. The van der Waals surface area contributed by atoms with Gasteiger partial charge in [0.15, 0.2) is 0 Å². The summed E-state index contributed by atoms with van der Waals surface area (Å²) in [5.41, 5.74) is 0. The van der Waals surface area contributed by atoms with Gasteiger partial charge in [-0.05, 0) is 20.5 Å². The van der Waals surface area contributed by atoms with E-state index >= 15 is 0 Å². The van der Waals surface area contributed by atoms with Gasteiger partial charge in [-0.1, -0.05) is 13.8 Å². The largest absolute Gasteiger partial charge is 0.340 e. The van der Waals surface area contributed by atoms with E-state index in [1.807, 2.05) is 18.9 Å². The fourth-order valence-corrected chi connectivity index (χ4v) is 2.29. The van der Waals surface area contributed by atoms with E-state index < -0.39 is 0 Å². The van der Waals surface area contributed by atoms with Gasteiger partial charge in [0, 0.05) is 38.1 Å². The summed E-state index contributed by atoms with van der Waals surface area (Å²) in [5, 5.41) is 3.06. The third-order valence-electron chi connectivity index (χ3n) is 3.49. The number of carbonyl (C=O) groups excluding carboxylic acids is 1. The number of nitrogens with zero attached hydrogens (tertiary/aromatic N) is 2. The van der Waals surface area contributed by atoms with E-state index in [9.17, 15) is 4.79 Å². The van der Waals surface area contributed by atoms with Gasteiger partial charge >= 0.3 is 0 Å². The van der Waals surface area contributed by atoms with Gasteiger partial charge in [0.2, 0.25) is 5.91 Å². The van der Waals surface area contributed by atoms with Crippen LogP contribution in [0.1, 0.15) is 20.3 Å². The Kier molecular flexibility index (Phi) is 5.22. The van der Waals surface area contributed by atoms with Crippen LogP contribution in [0.3, 0.4) is 0 Å². The van der Waals surface area contributed by atoms with Crippen molar-refractivity contribution < 1.29 is 4.79 Å². The Morgan fingerprint density at radius 1 is 1.50 bits per heavy atom. The molecule has 0 spiro atoms. The van der Waals surface area contributed by atoms with Gasteiger partial charge in [0.25, 0.3) is 0 Å². The van der Waals surface area contributed by atoms with Crippen LogP contribution in [0, 0.1) is 5.92 Å². The predicted molar refractivity (Wildman–Crippen MR) is 66.4 cm³/mol. The standard InChI is InChI=1S/C12H25N3O/c1-5-11-9-15(7-6-14(11)4)12(16)10(2)8-13-3/h10-11,13H,5-9H2,1-4H3. The second-order valence-electron chi connectivity index (χ2n) is 4.79. The van der Waals surface area contributed by atoms with Crippen LogP contribution in [-0.2, 0) is 4.79 Å². The minimum atomic E-state index is 0.0888. The molecule has 1 rings (SSSR count). The van der Waals surface area contributed by atoms with Crippen molar-refractivity contribution in [3.63, 3.8) is 0 Å². The summed E-state index contributed by atoms with van der Waals surface area (Å²) < 4.78 is 0. The molecule has 4 heteroatoms. The van der Waals surface area contributed by atoms with Gasteiger partial charge in [-0.3, -0.25) is 9.69 Å². The number of hydrogen-bond acceptors (Lipinski definition) is 3. The molecule has 4 nitrogen and oxygen atoms in total. The Labute approximate surface area is 99.0 Å². The van der Waals surface area contributed by atoms with E-state index in [1.54, 1.807) is 0 Å². The summed E-state index contributed by atoms with van der Waals surface area (Å²) >= 11 is 0. The first-order valence-electron chi connectivity index (χ1n) is 6.23. The second kappa shape index (κ2) is 6.21. The third-order valence-corrected chi connectivity index (χ3v) is 3.49. The molecule has 2 atom stereocenters. The maximum atomic E-state index is 12.1. The van der Waals surface area contributed by atoms with E-state index in [0.29, 0.717) is 11.9 Å². The molecular weight excluding hydrogens is 202 g/mol. The lowest BCUT2D eigenvalue weighted by atomic mass is 10.1. The lowest BCUT2D eigenvalue weighted by Crippen LogP contribution is -2.54. The summed E-state index contributed by atoms with van der Waals surface area (Å²) in [6, 6.07) is 0.527. The first-order chi connectivity index (χ1) is 7.60. The average Bonchev–Trinajstić information content (AvgIpc) is 2.29. The van der Waals surface area contributed by atoms with Crippen LogP contribution in [0.4, 0.5) is 0 Å². The molecule has 1 fully saturated rings. The van der Waals surface area contributed by atoms with E-state index in [4.69, 9.17) is 0 Å². The van der Waals surface area contributed by atoms with E-state index in [-0.39, 0.29) is 5.92 Å². The van der Waals surface area contributed by atoms with E-state index in [1.165, 1.54) is 0 Å². The number of amides is 1. The van der Waals surface area contributed by atoms with Crippen molar-refractivity contribution in [3.8, 4) is 0 Å². The highest BCUT2D eigenvalue weighted by Gasteiger charge is 2.28. The first-order valence-corrected chi connectivity index (χ1v) is 6.23. The van der Waals surface area contributed by atoms with Crippen LogP contribution in [-0.4, -0.2) is 62.0 Å². The molecule has 0 aliphatic carbocycles. The van der Waals surface area contributed by atoms with Crippen LogP contribution in [0.2, 0.25) is 0 Å². The lowest BCUT2D eigenvalue weighted by Gasteiger charge is -2.40. The molecule has 16 heavy (non-hydrogen) atoms. The number of hydrogen-bond donors (Lipinski definition) is 1. The minimum Gasteiger partial charge on any atom is -0.340 e. The summed E-state index contributed by atoms with van der Waals surface area (Å²) in [4.78, 5) is 16.5. The molecule has 1 heterocycles. The number of piperazine rings is 1. The Morgan fingerprint density at radius 3 is 2.75 bits per heavy atom. The second-order valence-corrected chi connectivity index (χ2v) is 4.79. The quantitative estimate of drug-likeness (QED) is 0.755. The van der Waals surface area contributed by atoms with Gasteiger partial charge in [0.1, 0.15) is 0 Å². The van der Waals surface area contributed by atoms with Crippen molar-refractivity contribution in [2.75, 3.05) is 40.3 Å². The van der Waals surface area contributed by atoms with Crippen LogP contribution >= 0.6 is 0 Å². The van der Waals surface area contributed by atoms with E-state index in [2.05, 4.69) is 24.2 Å². The monoisotopic (exact) mass is 227 g/mol. The Bertz CT molecular complexity index is 232. The maximum absolute atomic E-state index is 12.1. The van der Waals surface area contributed by atoms with Crippen molar-refractivity contribution >= 4 is 5.91 Å². The summed E-state index contributed by atoms with van der Waals surface area (Å²) in [5.74, 6) is 0.381. The van der Waals surface area contributed by atoms with Crippen molar-refractivity contribution in [1.82, 2.24) is 15.1 Å². The average molecular weight is 227 g/mol. The highest BCUT2D eigenvalue weighted by atomic mass is 16.2. The van der Waals surface area contributed by atoms with Crippen molar-refractivity contribution in [2.45, 2.75) is 26.3 Å². The first kappa shape index (κ1) is 13.5. The maximum Gasteiger partial charge on any atom is 0.226 e. The Balaban J connectivity index is 2.51. The van der Waals surface area contributed by atoms with Gasteiger partial charge in [-0.2, -0.15) is 0 Å². The van der Waals surface area contributed by atoms with Crippen LogP contribution in [0.25, 0.3) is 0 Å². The summed E-state index contributed by atoms with van der Waals surface area (Å²) in [6.07, 6.45) is 1.11. The van der Waals surface area contributed by atoms with Gasteiger partial charge < -0.3 is 10.2 Å². The van der Waals surface area contributed by atoms with E-state index in [0.717, 1.165) is 32.6 Å². The molecule has 0 bridgehead atoms. The number of likely N-dealkylation sites (N-methyl/N-ethyl adjacent to an activating group) is 1. The zero-order valence-electron chi connectivity index (χ0n) is 11.0. The van der Waals surface area contributed by atoms with Gasteiger partial charge in [-0.15, -0.1) is 0 Å². The molecule has 1 saturated heterocycles. The molecule has 1 N–H and O–H groups in total. The molecule has 0 aromatic rings. The predicted octanol–water partition coefficient (Wildman–Crippen LogP) is 0.395. The molecule has 0 saturated carbocycles. The van der Waals surface area contributed by atoms with Crippen molar-refractivity contribution in [2.24, 2.45) is 5.92 Å². The highest BCUT2D eigenvalue weighted by Crippen LogP contribution is 2.13. The van der Waals surface area contributed by atoms with Crippen LogP contribution < -0.4 is 5.32 Å². The normalized spacial score (nSPS) is 24.5. The Hall–Kier alpha value is -0.610. The van der Waals surface area contributed by atoms with Crippen LogP contribution in [0.5, 0.6) is 0 Å². The summed E-state index contributed by atoms with van der Waals surface area (Å²) in [7, 11) is 4.04. The molecule has 1 aliphatic heterocycles. The third kappa shape index (κ3) is 3.19. The zero-order chi connectivity index (χ0) is 12.1. The fraction of sp³-hybridized carbons (Fsp3) is 0.917. The molecule has 0 radical (unpaired) electrons. The molecule has 2 unspecified atom stereocenters. The number of rotatable bonds is 4. The number of carbonyl (C=O) groups is 1. The highest BCUT2D eigenvalue weighted by molar-refractivity contribution is 5.78. The molecule has 1 amide bonds. The summed E-state index contributed by atoms with van der Waals surface area (Å²) in [6.45, 7) is 7.71. The van der Waals surface area contributed by atoms with Crippen molar-refractivity contribution in [1.29, 1.82) is 0 Å². The Morgan fingerprint density at radius 2 is 2.19 bits per heavy atom. The fourth-order valence-electron chi connectivity index (χ4n) is 2.29. The van der Waals surface area contributed by atoms with Gasteiger partial charge in [-0.25, -0.2) is 0 Å². The SMILES string of the molecule is CCC1CN(C(=O)C(C)CNC)CCN1C. The molecule has 94 valence electrons. The lowest BCUT2D eigenvalue weighted by molar-refractivity contribution is -0.137. The van der Waals surface area contributed by atoms with Gasteiger partial charge in [0.05, 0.1) is 0 Å². The molecular formula is C12H25N3O. The topological polar surface area (TPSA) is 35.6 Å². The zero-order valence-corrected chi connectivity index (χ0v) is 11.0. The number of nitrogens with one attached hydrogen (secondary N) is 1. The van der Waals surface area contributed by atoms with Crippen LogP contribution in [0.15, 0.2) is 0 Å². The van der Waals surface area contributed by atoms with Crippen molar-refractivity contribution in [3.05, 3.63) is 0 Å². The minimum absolute atomic E-state index is 0.0888. The molecule has 0 aromatic carbocycles. The molecule has 0 aromatic heterocycles.